The molecular formula is C25H30F2N5O3P. The van der Waals surface area contributed by atoms with Crippen molar-refractivity contribution in [2.45, 2.75) is 52.1 Å². The Bertz CT molecular complexity index is 1170. The fraction of sp³-hybridized carbons (Fsp3) is 0.360. The highest BCUT2D eigenvalue weighted by molar-refractivity contribution is 7.17. The second kappa shape index (κ2) is 12.5. The van der Waals surface area contributed by atoms with Crippen molar-refractivity contribution in [1.29, 1.82) is 0 Å². The molecule has 0 aliphatic carbocycles. The first-order chi connectivity index (χ1) is 17.2. The number of hydrogen-bond donors (Lipinski definition) is 0. The highest BCUT2D eigenvalue weighted by atomic mass is 31.0. The van der Waals surface area contributed by atoms with Crippen molar-refractivity contribution in [2.24, 2.45) is 10.1 Å². The Morgan fingerprint density at radius 1 is 1.17 bits per heavy atom. The van der Waals surface area contributed by atoms with E-state index in [0.29, 0.717) is 12.1 Å². The van der Waals surface area contributed by atoms with Gasteiger partial charge in [-0.25, -0.2) is 4.99 Å². The summed E-state index contributed by atoms with van der Waals surface area (Å²) in [6.07, 6.45) is 3.65. The molecule has 192 valence electrons. The lowest BCUT2D eigenvalue weighted by molar-refractivity contribution is -0.0892. The lowest BCUT2D eigenvalue weighted by Crippen LogP contribution is -2.16. The van der Waals surface area contributed by atoms with Gasteiger partial charge in [-0.2, -0.15) is 18.9 Å². The number of alkyl halides is 2. The van der Waals surface area contributed by atoms with Crippen LogP contribution in [0.3, 0.4) is 0 Å². The molecule has 0 N–H and O–H groups in total. The molecule has 3 rings (SSSR count). The molecule has 3 aromatic rings. The highest BCUT2D eigenvalue weighted by Crippen LogP contribution is 2.28. The van der Waals surface area contributed by atoms with Crippen LogP contribution in [0.5, 0.6) is 11.5 Å². The minimum absolute atomic E-state index is 0.0105. The number of halogens is 2. The Morgan fingerprint density at radius 2 is 1.89 bits per heavy atom. The van der Waals surface area contributed by atoms with Crippen LogP contribution >= 0.6 is 9.24 Å². The van der Waals surface area contributed by atoms with Crippen LogP contribution in [0.25, 0.3) is 11.4 Å². The van der Waals surface area contributed by atoms with Gasteiger partial charge in [0.05, 0.1) is 12.6 Å². The minimum Gasteiger partial charge on any atom is -0.490 e. The first-order valence-corrected chi connectivity index (χ1v) is 12.1. The lowest BCUT2D eigenvalue weighted by Gasteiger charge is -2.17. The van der Waals surface area contributed by atoms with Crippen molar-refractivity contribution < 1.29 is 22.8 Å². The van der Waals surface area contributed by atoms with E-state index in [1.165, 1.54) is 21.4 Å². The van der Waals surface area contributed by atoms with Crippen LogP contribution in [0.1, 0.15) is 45.1 Å². The third-order valence-corrected chi connectivity index (χ3v) is 5.14. The highest BCUT2D eigenvalue weighted by Gasteiger charge is 2.23. The van der Waals surface area contributed by atoms with Crippen molar-refractivity contribution in [1.82, 2.24) is 15.1 Å². The molecule has 1 unspecified atom stereocenters. The summed E-state index contributed by atoms with van der Waals surface area (Å²) in [5.41, 5.74) is 1.58. The molecule has 0 fully saturated rings. The van der Waals surface area contributed by atoms with Crippen molar-refractivity contribution >= 4 is 21.3 Å². The van der Waals surface area contributed by atoms with Gasteiger partial charge < -0.3 is 14.0 Å². The molecule has 0 aliphatic rings. The largest absolute Gasteiger partial charge is 0.490 e. The predicted molar refractivity (Wildman–Crippen MR) is 139 cm³/mol. The summed E-state index contributed by atoms with van der Waals surface area (Å²) in [4.78, 5) is 8.64. The maximum absolute atomic E-state index is 13.0. The lowest BCUT2D eigenvalue weighted by atomic mass is 10.2. The van der Waals surface area contributed by atoms with Gasteiger partial charge in [0.1, 0.15) is 11.5 Å². The minimum atomic E-state index is -3.35. The molecule has 0 saturated heterocycles. The van der Waals surface area contributed by atoms with Crippen LogP contribution in [-0.2, 0) is 6.54 Å². The molecule has 0 bridgehead atoms. The quantitative estimate of drug-likeness (QED) is 0.134. The fourth-order valence-corrected chi connectivity index (χ4v) is 3.47. The Hall–Kier alpha value is -3.39. The summed E-state index contributed by atoms with van der Waals surface area (Å²) in [5, 5.41) is 10.2. The first-order valence-electron chi connectivity index (χ1n) is 11.5. The van der Waals surface area contributed by atoms with Crippen LogP contribution in [0.15, 0.2) is 63.1 Å². The SMILES string of the molecule is C/C=N/C(=N\N(C)Cc1cccc(OC(CC)CC)c1)c1nc(-c2ccc(OC(F)(F)P)cc2)no1. The number of amidine groups is 1. The second-order valence-electron chi connectivity index (χ2n) is 7.94. The average Bonchev–Trinajstić information content (AvgIpc) is 3.32. The Balaban J connectivity index is 1.74. The van der Waals surface area contributed by atoms with Crippen LogP contribution in [-0.4, -0.2) is 46.2 Å². The van der Waals surface area contributed by atoms with Gasteiger partial charge in [0.15, 0.2) is 0 Å². The number of rotatable bonds is 11. The van der Waals surface area contributed by atoms with Crippen LogP contribution in [0, 0.1) is 0 Å². The van der Waals surface area contributed by atoms with Crippen LogP contribution in [0.2, 0.25) is 0 Å². The van der Waals surface area contributed by atoms with Gasteiger partial charge in [0.2, 0.25) is 11.7 Å². The number of hydrazone groups is 1. The molecule has 36 heavy (non-hydrogen) atoms. The predicted octanol–water partition coefficient (Wildman–Crippen LogP) is 5.99. The monoisotopic (exact) mass is 517 g/mol. The van der Waals surface area contributed by atoms with Gasteiger partial charge in [-0.05, 0) is 71.0 Å². The maximum Gasteiger partial charge on any atom is 0.408 e. The van der Waals surface area contributed by atoms with Gasteiger partial charge in [-0.1, -0.05) is 31.1 Å². The molecule has 1 aromatic heterocycles. The smallest absolute Gasteiger partial charge is 0.408 e. The molecule has 0 aliphatic heterocycles. The molecule has 1 atom stereocenters. The Morgan fingerprint density at radius 3 is 2.53 bits per heavy atom. The molecule has 8 nitrogen and oxygen atoms in total. The van der Waals surface area contributed by atoms with E-state index >= 15 is 0 Å². The summed E-state index contributed by atoms with van der Waals surface area (Å²) in [7, 11) is 3.14. The number of aromatic nitrogens is 2. The standard InChI is InChI=1S/C25H30F2N5O3P/c1-5-19(6-2)33-21-10-8-9-17(15-21)16-32(4)30-23(28-7-3)24-29-22(31-35-24)18-11-13-20(14-12-18)34-25(26,27)36/h7-15,19H,5-6,16,36H2,1-4H3/b28-7+,30-23-. The normalized spacial score (nSPS) is 12.4. The fourth-order valence-electron chi connectivity index (χ4n) is 3.33. The van der Waals surface area contributed by atoms with E-state index in [1.54, 1.807) is 30.3 Å². The summed E-state index contributed by atoms with van der Waals surface area (Å²) in [5.74, 6) is -1.88. The van der Waals surface area contributed by atoms with Gasteiger partial charge >= 0.3 is 5.85 Å². The van der Waals surface area contributed by atoms with E-state index in [9.17, 15) is 8.78 Å². The molecular weight excluding hydrogens is 487 g/mol. The summed E-state index contributed by atoms with van der Waals surface area (Å²) < 4.78 is 41.9. The van der Waals surface area contributed by atoms with Crippen LogP contribution < -0.4 is 9.47 Å². The van der Waals surface area contributed by atoms with E-state index in [2.05, 4.69) is 38.8 Å². The Kier molecular flexibility index (Phi) is 9.47. The van der Waals surface area contributed by atoms with Gasteiger partial charge in [0, 0.05) is 18.8 Å². The number of ether oxygens (including phenoxy) is 2. The van der Waals surface area contributed by atoms with E-state index in [4.69, 9.17) is 9.26 Å². The first kappa shape index (κ1) is 27.2. The number of benzene rings is 2. The maximum atomic E-state index is 13.0. The topological polar surface area (TPSA) is 85.3 Å². The zero-order valence-corrected chi connectivity index (χ0v) is 21.8. The molecule has 0 saturated carbocycles. The van der Waals surface area contributed by atoms with Gasteiger partial charge in [-0.15, -0.1) is 0 Å². The third-order valence-electron chi connectivity index (χ3n) is 5.02. The average molecular weight is 518 g/mol. The van der Waals surface area contributed by atoms with Crippen LogP contribution in [0.4, 0.5) is 8.78 Å². The van der Waals surface area contributed by atoms with Crippen molar-refractivity contribution in [2.75, 3.05) is 7.05 Å². The van der Waals surface area contributed by atoms with Crippen molar-refractivity contribution in [3.8, 4) is 22.9 Å². The van der Waals surface area contributed by atoms with E-state index in [1.807, 2.05) is 31.3 Å². The van der Waals surface area contributed by atoms with Gasteiger partial charge in [-0.3, -0.25) is 5.01 Å². The number of nitrogens with zero attached hydrogens (tertiary/aromatic N) is 5. The molecule has 0 amide bonds. The van der Waals surface area contributed by atoms with E-state index in [-0.39, 0.29) is 29.4 Å². The molecule has 1 heterocycles. The van der Waals surface area contributed by atoms with Crippen molar-refractivity contribution in [3.05, 3.63) is 60.0 Å². The zero-order chi connectivity index (χ0) is 26.1. The molecule has 11 heteroatoms. The third kappa shape index (κ3) is 8.09. The zero-order valence-electron chi connectivity index (χ0n) is 20.7. The Labute approximate surface area is 211 Å². The number of aliphatic imine (C=N–C) groups is 1. The molecule has 0 radical (unpaired) electrons. The van der Waals surface area contributed by atoms with E-state index < -0.39 is 5.85 Å². The summed E-state index contributed by atoms with van der Waals surface area (Å²) >= 11 is 0. The van der Waals surface area contributed by atoms with Crippen molar-refractivity contribution in [3.63, 3.8) is 0 Å². The van der Waals surface area contributed by atoms with E-state index in [0.717, 1.165) is 24.2 Å². The molecule has 2 aromatic carbocycles. The summed E-state index contributed by atoms with van der Waals surface area (Å²) in [6.45, 7) is 6.48. The summed E-state index contributed by atoms with van der Waals surface area (Å²) in [6, 6.07) is 13.8. The molecule has 0 spiro atoms. The van der Waals surface area contributed by atoms with Gasteiger partial charge in [0.25, 0.3) is 5.89 Å². The second-order valence-corrected chi connectivity index (χ2v) is 8.61. The number of hydrogen-bond acceptors (Lipinski definition) is 7.